The van der Waals surface area contributed by atoms with Gasteiger partial charge in [-0.3, -0.25) is 5.32 Å². The fourth-order valence-electron chi connectivity index (χ4n) is 2.39. The van der Waals surface area contributed by atoms with Crippen LogP contribution in [0.15, 0.2) is 18.3 Å². The average molecular weight is 276 g/mol. The molecule has 3 heterocycles. The number of hydrogen-bond donors (Lipinski definition) is 3. The number of nitrogens with one attached hydrogen (secondary N) is 1. The zero-order valence-electron chi connectivity index (χ0n) is 10.9. The zero-order chi connectivity index (χ0) is 14.1. The molecule has 2 aromatic heterocycles. The lowest BCUT2D eigenvalue weighted by molar-refractivity contribution is 0.209. The van der Waals surface area contributed by atoms with Gasteiger partial charge in [0.2, 0.25) is 5.95 Å². The van der Waals surface area contributed by atoms with Crippen LogP contribution in [-0.2, 0) is 0 Å². The topological polar surface area (TPSA) is 109 Å². The lowest BCUT2D eigenvalue weighted by Crippen LogP contribution is -2.43. The van der Waals surface area contributed by atoms with Gasteiger partial charge >= 0.3 is 6.09 Å². The van der Waals surface area contributed by atoms with Crippen molar-refractivity contribution in [1.29, 1.82) is 0 Å². The number of anilines is 2. The molecule has 1 aliphatic rings. The highest BCUT2D eigenvalue weighted by Gasteiger charge is 2.20. The zero-order valence-corrected chi connectivity index (χ0v) is 10.9. The summed E-state index contributed by atoms with van der Waals surface area (Å²) in [7, 11) is 0. The first-order chi connectivity index (χ1) is 9.61. The number of piperidine rings is 1. The molecule has 1 saturated heterocycles. The maximum atomic E-state index is 10.6. The van der Waals surface area contributed by atoms with E-state index < -0.39 is 6.09 Å². The van der Waals surface area contributed by atoms with Crippen LogP contribution in [0.1, 0.15) is 12.8 Å². The van der Waals surface area contributed by atoms with Gasteiger partial charge in [0.1, 0.15) is 0 Å². The third-order valence-electron chi connectivity index (χ3n) is 3.31. The molecule has 8 nitrogen and oxygen atoms in total. The summed E-state index contributed by atoms with van der Waals surface area (Å²) < 4.78 is 1.57. The van der Waals surface area contributed by atoms with Crippen molar-refractivity contribution in [3.05, 3.63) is 18.3 Å². The third-order valence-corrected chi connectivity index (χ3v) is 3.31. The molecule has 1 atom stereocenters. The van der Waals surface area contributed by atoms with Gasteiger partial charge < -0.3 is 15.7 Å². The Kier molecular flexibility index (Phi) is 3.15. The first kappa shape index (κ1) is 12.7. The normalized spacial score (nSPS) is 19.2. The van der Waals surface area contributed by atoms with Gasteiger partial charge in [0.25, 0.3) is 0 Å². The van der Waals surface area contributed by atoms with Crippen LogP contribution in [0, 0.1) is 0 Å². The predicted octanol–water partition coefficient (Wildman–Crippen LogP) is 0.747. The molecular weight excluding hydrogens is 260 g/mol. The highest BCUT2D eigenvalue weighted by atomic mass is 16.4. The highest BCUT2D eigenvalue weighted by molar-refractivity contribution is 5.82. The van der Waals surface area contributed by atoms with E-state index in [0.717, 1.165) is 25.9 Å². The van der Waals surface area contributed by atoms with Crippen LogP contribution < -0.4 is 16.0 Å². The smallest absolute Gasteiger partial charge is 0.409 e. The van der Waals surface area contributed by atoms with Crippen LogP contribution in [-0.4, -0.2) is 44.9 Å². The van der Waals surface area contributed by atoms with E-state index in [2.05, 4.69) is 20.3 Å². The second kappa shape index (κ2) is 4.97. The number of nitrogens with two attached hydrogens (primary N) is 1. The van der Waals surface area contributed by atoms with Gasteiger partial charge in [-0.15, -0.1) is 5.10 Å². The summed E-state index contributed by atoms with van der Waals surface area (Å²) in [5, 5.41) is 15.4. The first-order valence-electron chi connectivity index (χ1n) is 6.49. The number of hydrogen-bond acceptors (Lipinski definition) is 5. The minimum atomic E-state index is -1.10. The molecule has 20 heavy (non-hydrogen) atoms. The van der Waals surface area contributed by atoms with E-state index in [1.807, 2.05) is 0 Å². The maximum Gasteiger partial charge on any atom is 0.409 e. The Balaban J connectivity index is 1.88. The Labute approximate surface area is 115 Å². The molecule has 1 aliphatic heterocycles. The van der Waals surface area contributed by atoms with E-state index >= 15 is 0 Å². The van der Waals surface area contributed by atoms with Crippen LogP contribution >= 0.6 is 0 Å². The molecule has 0 unspecified atom stereocenters. The van der Waals surface area contributed by atoms with Crippen LogP contribution in [0.4, 0.5) is 16.4 Å². The molecule has 0 aliphatic carbocycles. The Morgan fingerprint density at radius 2 is 2.35 bits per heavy atom. The second-order valence-electron chi connectivity index (χ2n) is 4.91. The van der Waals surface area contributed by atoms with Gasteiger partial charge in [-0.1, -0.05) is 0 Å². The number of carbonyl (C=O) groups is 1. The highest BCUT2D eigenvalue weighted by Crippen LogP contribution is 2.17. The van der Waals surface area contributed by atoms with Crippen molar-refractivity contribution in [2.45, 2.75) is 18.9 Å². The van der Waals surface area contributed by atoms with Crippen LogP contribution in [0.3, 0.4) is 0 Å². The number of fused-ring (bicyclic) bond motifs is 1. The number of aromatic nitrogens is 3. The summed E-state index contributed by atoms with van der Waals surface area (Å²) in [6.07, 6.45) is 2.55. The van der Waals surface area contributed by atoms with Gasteiger partial charge in [-0.05, 0) is 25.0 Å². The summed E-state index contributed by atoms with van der Waals surface area (Å²) in [6, 6.07) is 3.54. The molecule has 0 bridgehead atoms. The molecule has 0 saturated carbocycles. The second-order valence-corrected chi connectivity index (χ2v) is 4.91. The van der Waals surface area contributed by atoms with Gasteiger partial charge in [0, 0.05) is 19.1 Å². The van der Waals surface area contributed by atoms with Crippen LogP contribution in [0.25, 0.3) is 5.65 Å². The Morgan fingerprint density at radius 3 is 3.10 bits per heavy atom. The molecule has 0 radical (unpaired) electrons. The average Bonchev–Trinajstić information content (AvgIpc) is 2.81. The SMILES string of the molecule is N[C@@H]1CCCN(c2nc3ccc(NC(=O)O)cn3n2)C1. The summed E-state index contributed by atoms with van der Waals surface area (Å²) >= 11 is 0. The van der Waals surface area contributed by atoms with E-state index in [-0.39, 0.29) is 6.04 Å². The molecule has 0 aromatic carbocycles. The number of pyridine rings is 1. The summed E-state index contributed by atoms with van der Waals surface area (Å²) in [6.45, 7) is 1.64. The number of amides is 1. The quantitative estimate of drug-likeness (QED) is 0.746. The number of rotatable bonds is 2. The minimum Gasteiger partial charge on any atom is -0.465 e. The first-order valence-corrected chi connectivity index (χ1v) is 6.49. The molecule has 1 amide bonds. The number of nitrogens with zero attached hydrogens (tertiary/aromatic N) is 4. The van der Waals surface area contributed by atoms with E-state index in [1.54, 1.807) is 22.8 Å². The van der Waals surface area contributed by atoms with Crippen molar-refractivity contribution in [2.24, 2.45) is 5.73 Å². The lowest BCUT2D eigenvalue weighted by Gasteiger charge is -2.29. The monoisotopic (exact) mass is 276 g/mol. The Bertz CT molecular complexity index is 640. The molecule has 4 N–H and O–H groups in total. The third kappa shape index (κ3) is 2.50. The van der Waals surface area contributed by atoms with Gasteiger partial charge in [-0.2, -0.15) is 4.98 Å². The summed E-state index contributed by atoms with van der Waals surface area (Å²) in [4.78, 5) is 17.1. The predicted molar refractivity (Wildman–Crippen MR) is 74.1 cm³/mol. The van der Waals surface area contributed by atoms with E-state index in [1.165, 1.54) is 0 Å². The number of carboxylic acid groups (broad SMARTS) is 1. The van der Waals surface area contributed by atoms with E-state index in [0.29, 0.717) is 17.3 Å². The van der Waals surface area contributed by atoms with E-state index in [4.69, 9.17) is 10.8 Å². The molecule has 8 heteroatoms. The van der Waals surface area contributed by atoms with Crippen molar-refractivity contribution < 1.29 is 9.90 Å². The fourth-order valence-corrected chi connectivity index (χ4v) is 2.39. The summed E-state index contributed by atoms with van der Waals surface area (Å²) in [5.41, 5.74) is 7.09. The van der Waals surface area contributed by atoms with Gasteiger partial charge in [0.05, 0.1) is 11.9 Å². The molecule has 106 valence electrons. The maximum absolute atomic E-state index is 10.6. The molecule has 2 aromatic rings. The largest absolute Gasteiger partial charge is 0.465 e. The molecule has 3 rings (SSSR count). The molecule has 1 fully saturated rings. The van der Waals surface area contributed by atoms with Crippen LogP contribution in [0.2, 0.25) is 0 Å². The fraction of sp³-hybridized carbons (Fsp3) is 0.417. The Morgan fingerprint density at radius 1 is 1.50 bits per heavy atom. The lowest BCUT2D eigenvalue weighted by atomic mass is 10.1. The van der Waals surface area contributed by atoms with Crippen molar-refractivity contribution >= 4 is 23.4 Å². The van der Waals surface area contributed by atoms with E-state index in [9.17, 15) is 4.79 Å². The molecule has 0 spiro atoms. The van der Waals surface area contributed by atoms with Gasteiger partial charge in [0.15, 0.2) is 5.65 Å². The minimum absolute atomic E-state index is 0.152. The Hall–Kier alpha value is -2.35. The van der Waals surface area contributed by atoms with Crippen molar-refractivity contribution in [3.63, 3.8) is 0 Å². The summed E-state index contributed by atoms with van der Waals surface area (Å²) in [5.74, 6) is 0.632. The van der Waals surface area contributed by atoms with Crippen molar-refractivity contribution in [2.75, 3.05) is 23.3 Å². The van der Waals surface area contributed by atoms with Crippen LogP contribution in [0.5, 0.6) is 0 Å². The standard InChI is InChI=1S/C12H16N6O2/c13-8-2-1-5-17(6-8)11-15-10-4-3-9(14-12(19)20)7-18(10)16-11/h3-4,7-8,14H,1-2,5-6,13H2,(H,19,20)/t8-/m1/s1. The van der Waals surface area contributed by atoms with Crippen molar-refractivity contribution in [1.82, 2.24) is 14.6 Å². The van der Waals surface area contributed by atoms with Crippen molar-refractivity contribution in [3.8, 4) is 0 Å². The van der Waals surface area contributed by atoms with Gasteiger partial charge in [-0.25, -0.2) is 9.31 Å². The molecular formula is C12H16N6O2.